The first-order valence-corrected chi connectivity index (χ1v) is 10.8. The van der Waals surface area contributed by atoms with Crippen LogP contribution in [0.1, 0.15) is 32.8 Å². The highest BCUT2D eigenvalue weighted by Gasteiger charge is 2.29. The van der Waals surface area contributed by atoms with E-state index in [2.05, 4.69) is 5.32 Å². The Kier molecular flexibility index (Phi) is 9.66. The molecule has 0 spiro atoms. The van der Waals surface area contributed by atoms with Gasteiger partial charge in [0.15, 0.2) is 6.61 Å². The summed E-state index contributed by atoms with van der Waals surface area (Å²) in [4.78, 5) is 27.6. The van der Waals surface area contributed by atoms with Gasteiger partial charge in [-0.1, -0.05) is 56.6 Å². The van der Waals surface area contributed by atoms with Crippen LogP contribution in [0, 0.1) is 5.92 Å². The predicted octanol–water partition coefficient (Wildman–Crippen LogP) is 4.31. The first-order valence-electron chi connectivity index (χ1n) is 10.4. The minimum absolute atomic E-state index is 0.176. The zero-order valence-corrected chi connectivity index (χ0v) is 19.3. The van der Waals surface area contributed by atoms with Gasteiger partial charge in [0.25, 0.3) is 5.91 Å². The van der Waals surface area contributed by atoms with E-state index < -0.39 is 6.04 Å². The van der Waals surface area contributed by atoms with Gasteiger partial charge < -0.3 is 19.7 Å². The van der Waals surface area contributed by atoms with Gasteiger partial charge in [0.1, 0.15) is 17.5 Å². The number of methoxy groups -OCH3 is 1. The second-order valence-electron chi connectivity index (χ2n) is 7.66. The number of amides is 2. The van der Waals surface area contributed by atoms with Crippen molar-refractivity contribution in [2.45, 2.75) is 39.8 Å². The maximum absolute atomic E-state index is 13.2. The molecule has 0 saturated heterocycles. The third-order valence-corrected chi connectivity index (χ3v) is 5.06. The molecule has 0 radical (unpaired) electrons. The Morgan fingerprint density at radius 3 is 2.52 bits per heavy atom. The molecule has 2 aromatic rings. The number of hydrogen-bond donors (Lipinski definition) is 1. The summed E-state index contributed by atoms with van der Waals surface area (Å²) < 4.78 is 10.9. The van der Waals surface area contributed by atoms with E-state index in [1.54, 1.807) is 36.3 Å². The van der Waals surface area contributed by atoms with Crippen LogP contribution in [-0.4, -0.2) is 43.0 Å². The molecular formula is C24H31ClN2O4. The fraction of sp³-hybridized carbons (Fsp3) is 0.417. The van der Waals surface area contributed by atoms with Crippen molar-refractivity contribution in [3.63, 3.8) is 0 Å². The summed E-state index contributed by atoms with van der Waals surface area (Å²) in [6.07, 6.45) is 0.478. The van der Waals surface area contributed by atoms with Crippen molar-refractivity contribution in [2.24, 2.45) is 5.92 Å². The zero-order chi connectivity index (χ0) is 22.8. The van der Waals surface area contributed by atoms with Crippen LogP contribution >= 0.6 is 11.6 Å². The van der Waals surface area contributed by atoms with Gasteiger partial charge in [-0.15, -0.1) is 0 Å². The van der Waals surface area contributed by atoms with Crippen LogP contribution in [-0.2, 0) is 16.1 Å². The molecule has 0 heterocycles. The minimum Gasteiger partial charge on any atom is -0.497 e. The molecule has 1 atom stereocenters. The Morgan fingerprint density at radius 1 is 1.13 bits per heavy atom. The molecule has 1 N–H and O–H groups in total. The molecule has 0 aliphatic rings. The Labute approximate surface area is 189 Å². The van der Waals surface area contributed by atoms with Gasteiger partial charge in [0.05, 0.1) is 12.1 Å². The lowest BCUT2D eigenvalue weighted by atomic mass is 10.1. The van der Waals surface area contributed by atoms with E-state index in [1.807, 2.05) is 45.0 Å². The van der Waals surface area contributed by atoms with Gasteiger partial charge in [-0.3, -0.25) is 9.59 Å². The van der Waals surface area contributed by atoms with Crippen LogP contribution in [0.5, 0.6) is 11.5 Å². The second kappa shape index (κ2) is 12.2. The van der Waals surface area contributed by atoms with Crippen LogP contribution < -0.4 is 14.8 Å². The molecule has 0 fully saturated rings. The number of benzene rings is 2. The van der Waals surface area contributed by atoms with Crippen LogP contribution in [0.25, 0.3) is 0 Å². The Hall–Kier alpha value is -2.73. The number of hydrogen-bond acceptors (Lipinski definition) is 4. The molecule has 0 aliphatic heterocycles. The number of rotatable bonds is 11. The molecule has 0 bridgehead atoms. The average Bonchev–Trinajstić information content (AvgIpc) is 2.76. The summed E-state index contributed by atoms with van der Waals surface area (Å²) in [5.74, 6) is 0.956. The molecular weight excluding hydrogens is 416 g/mol. The second-order valence-corrected chi connectivity index (χ2v) is 8.06. The number of para-hydroxylation sites is 1. The summed E-state index contributed by atoms with van der Waals surface area (Å²) in [5.41, 5.74) is 0.862. The van der Waals surface area contributed by atoms with Crippen LogP contribution in [0.2, 0.25) is 5.02 Å². The van der Waals surface area contributed by atoms with Gasteiger partial charge in [0.2, 0.25) is 5.91 Å². The highest BCUT2D eigenvalue weighted by Crippen LogP contribution is 2.23. The highest BCUT2D eigenvalue weighted by molar-refractivity contribution is 6.32. The summed E-state index contributed by atoms with van der Waals surface area (Å²) in [6.45, 7) is 6.53. The quantitative estimate of drug-likeness (QED) is 0.558. The van der Waals surface area contributed by atoms with Crippen molar-refractivity contribution in [1.82, 2.24) is 10.2 Å². The van der Waals surface area contributed by atoms with E-state index >= 15 is 0 Å². The van der Waals surface area contributed by atoms with Gasteiger partial charge in [-0.25, -0.2) is 0 Å². The lowest BCUT2D eigenvalue weighted by molar-refractivity contribution is -0.143. The minimum atomic E-state index is -0.618. The predicted molar refractivity (Wildman–Crippen MR) is 122 cm³/mol. The van der Waals surface area contributed by atoms with Crippen molar-refractivity contribution in [1.29, 1.82) is 0 Å². The fourth-order valence-electron chi connectivity index (χ4n) is 3.09. The molecule has 0 saturated carbocycles. The third-order valence-electron chi connectivity index (χ3n) is 4.75. The smallest absolute Gasteiger partial charge is 0.261 e. The van der Waals surface area contributed by atoms with E-state index in [0.29, 0.717) is 35.4 Å². The van der Waals surface area contributed by atoms with Crippen LogP contribution in [0.4, 0.5) is 0 Å². The Bertz CT molecular complexity index is 872. The van der Waals surface area contributed by atoms with Gasteiger partial charge in [-0.2, -0.15) is 0 Å². The molecule has 168 valence electrons. The van der Waals surface area contributed by atoms with E-state index in [-0.39, 0.29) is 25.0 Å². The molecule has 2 rings (SSSR count). The van der Waals surface area contributed by atoms with Crippen molar-refractivity contribution in [2.75, 3.05) is 20.3 Å². The lowest BCUT2D eigenvalue weighted by Crippen LogP contribution is -2.50. The Balaban J connectivity index is 2.23. The molecule has 0 aliphatic carbocycles. The molecule has 1 unspecified atom stereocenters. The van der Waals surface area contributed by atoms with Gasteiger partial charge >= 0.3 is 0 Å². The zero-order valence-electron chi connectivity index (χ0n) is 18.6. The normalized spacial score (nSPS) is 11.7. The molecule has 6 nitrogen and oxygen atoms in total. The van der Waals surface area contributed by atoms with Gasteiger partial charge in [-0.05, 0) is 42.2 Å². The van der Waals surface area contributed by atoms with Crippen molar-refractivity contribution in [3.8, 4) is 11.5 Å². The van der Waals surface area contributed by atoms with E-state index in [9.17, 15) is 9.59 Å². The first kappa shape index (κ1) is 24.5. The first-order chi connectivity index (χ1) is 14.8. The third kappa shape index (κ3) is 7.47. The number of carbonyl (C=O) groups excluding carboxylic acids is 2. The summed E-state index contributed by atoms with van der Waals surface area (Å²) in [7, 11) is 1.59. The number of nitrogens with zero attached hydrogens (tertiary/aromatic N) is 1. The summed E-state index contributed by atoms with van der Waals surface area (Å²) in [5, 5.41) is 3.37. The number of ether oxygens (including phenoxy) is 2. The lowest BCUT2D eigenvalue weighted by Gasteiger charge is -2.31. The monoisotopic (exact) mass is 446 g/mol. The highest BCUT2D eigenvalue weighted by atomic mass is 35.5. The molecule has 2 amide bonds. The van der Waals surface area contributed by atoms with E-state index in [4.69, 9.17) is 21.1 Å². The number of nitrogens with one attached hydrogen (secondary N) is 1. The Morgan fingerprint density at radius 2 is 1.87 bits per heavy atom. The molecule has 7 heteroatoms. The average molecular weight is 447 g/mol. The number of halogens is 1. The van der Waals surface area contributed by atoms with E-state index in [1.165, 1.54) is 0 Å². The van der Waals surface area contributed by atoms with E-state index in [0.717, 1.165) is 5.56 Å². The molecule has 2 aromatic carbocycles. The van der Waals surface area contributed by atoms with Crippen LogP contribution in [0.15, 0.2) is 48.5 Å². The summed E-state index contributed by atoms with van der Waals surface area (Å²) >= 11 is 6.13. The topological polar surface area (TPSA) is 67.9 Å². The fourth-order valence-corrected chi connectivity index (χ4v) is 3.28. The largest absolute Gasteiger partial charge is 0.497 e. The maximum Gasteiger partial charge on any atom is 0.261 e. The SMILES string of the molecule is CCC(C(=O)NCC(C)C)N(Cc1cccc(OC)c1)C(=O)COc1ccccc1Cl. The van der Waals surface area contributed by atoms with Gasteiger partial charge in [0, 0.05) is 13.1 Å². The standard InChI is InChI=1S/C24H31ClN2O4/c1-5-21(24(29)26-14-17(2)3)27(15-18-9-8-10-19(13-18)30-4)23(28)16-31-22-12-7-6-11-20(22)25/h6-13,17,21H,5,14-16H2,1-4H3,(H,26,29). The number of carbonyl (C=O) groups is 2. The molecule has 31 heavy (non-hydrogen) atoms. The van der Waals surface area contributed by atoms with Crippen molar-refractivity contribution >= 4 is 23.4 Å². The summed E-state index contributed by atoms with van der Waals surface area (Å²) in [6, 6.07) is 13.8. The van der Waals surface area contributed by atoms with Crippen LogP contribution in [0.3, 0.4) is 0 Å². The molecule has 0 aromatic heterocycles. The van der Waals surface area contributed by atoms with Crippen molar-refractivity contribution < 1.29 is 19.1 Å². The maximum atomic E-state index is 13.2. The van der Waals surface area contributed by atoms with Crippen molar-refractivity contribution in [3.05, 3.63) is 59.1 Å².